The Hall–Kier alpha value is -1.78. The predicted octanol–water partition coefficient (Wildman–Crippen LogP) is 2.80. The topological polar surface area (TPSA) is 49.3 Å². The molecule has 4 rings (SSSR count). The van der Waals surface area contributed by atoms with Gasteiger partial charge in [-0.05, 0) is 38.2 Å². The molecule has 2 aliphatic heterocycles. The van der Waals surface area contributed by atoms with Gasteiger partial charge in [-0.2, -0.15) is 0 Å². The van der Waals surface area contributed by atoms with Crippen molar-refractivity contribution in [2.75, 3.05) is 0 Å². The number of aryl methyl sites for hydroxylation is 1. The maximum absolute atomic E-state index is 11.2. The molecule has 2 aliphatic rings. The Morgan fingerprint density at radius 2 is 1.70 bits per heavy atom. The van der Waals surface area contributed by atoms with Gasteiger partial charge >= 0.3 is 0 Å². The minimum Gasteiger partial charge on any atom is -0.385 e. The van der Waals surface area contributed by atoms with Crippen LogP contribution in [0.5, 0.6) is 0 Å². The monoisotopic (exact) mass is 309 g/mol. The maximum Gasteiger partial charge on any atom is 0.125 e. The van der Waals surface area contributed by atoms with Crippen LogP contribution in [-0.4, -0.2) is 32.1 Å². The summed E-state index contributed by atoms with van der Waals surface area (Å²) in [7, 11) is 0. The van der Waals surface area contributed by atoms with Crippen molar-refractivity contribution in [2.24, 2.45) is 0 Å². The molecule has 0 amide bonds. The van der Waals surface area contributed by atoms with Crippen LogP contribution in [0.1, 0.15) is 42.6 Å². The summed E-state index contributed by atoms with van der Waals surface area (Å²) in [5, 5.41) is 11.2. The molecule has 1 aromatic carbocycles. The van der Waals surface area contributed by atoms with E-state index in [0.717, 1.165) is 30.8 Å². The smallest absolute Gasteiger partial charge is 0.125 e. The highest BCUT2D eigenvalue weighted by Crippen LogP contribution is 2.45. The molecule has 4 heteroatoms. The Labute approximate surface area is 137 Å². The summed E-state index contributed by atoms with van der Waals surface area (Å²) in [4.78, 5) is 11.1. The third kappa shape index (κ3) is 2.77. The molecule has 23 heavy (non-hydrogen) atoms. The molecule has 2 saturated heterocycles. The van der Waals surface area contributed by atoms with Crippen molar-refractivity contribution >= 4 is 0 Å². The minimum absolute atomic E-state index is 0.445. The average molecular weight is 309 g/mol. The first-order valence-corrected chi connectivity index (χ1v) is 8.45. The number of hydrogen-bond acceptors (Lipinski definition) is 4. The first-order chi connectivity index (χ1) is 11.1. The molecule has 0 spiro atoms. The quantitative estimate of drug-likeness (QED) is 0.947. The van der Waals surface area contributed by atoms with Crippen molar-refractivity contribution in [3.63, 3.8) is 0 Å². The number of aromatic nitrogens is 2. The van der Waals surface area contributed by atoms with Crippen LogP contribution in [0, 0.1) is 6.92 Å². The van der Waals surface area contributed by atoms with Gasteiger partial charge in [0, 0.05) is 36.6 Å². The van der Waals surface area contributed by atoms with Gasteiger partial charge in [-0.1, -0.05) is 30.3 Å². The van der Waals surface area contributed by atoms with E-state index in [2.05, 4.69) is 45.2 Å². The van der Waals surface area contributed by atoms with E-state index >= 15 is 0 Å². The number of hydrogen-bond donors (Lipinski definition) is 1. The van der Waals surface area contributed by atoms with Crippen molar-refractivity contribution < 1.29 is 5.11 Å². The fourth-order valence-electron chi connectivity index (χ4n) is 4.24. The Kier molecular flexibility index (Phi) is 3.66. The highest BCUT2D eigenvalue weighted by molar-refractivity contribution is 5.21. The molecule has 0 radical (unpaired) electrons. The zero-order valence-corrected chi connectivity index (χ0v) is 13.5. The summed E-state index contributed by atoms with van der Waals surface area (Å²) in [6.45, 7) is 2.86. The van der Waals surface area contributed by atoms with Gasteiger partial charge in [-0.3, -0.25) is 4.90 Å². The van der Waals surface area contributed by atoms with Crippen molar-refractivity contribution in [3.8, 4) is 0 Å². The Morgan fingerprint density at radius 3 is 2.30 bits per heavy atom. The van der Waals surface area contributed by atoms with E-state index in [4.69, 9.17) is 0 Å². The second-order valence-corrected chi connectivity index (χ2v) is 7.00. The van der Waals surface area contributed by atoms with E-state index in [1.165, 1.54) is 18.4 Å². The number of benzene rings is 1. The molecule has 120 valence electrons. The van der Waals surface area contributed by atoms with Gasteiger partial charge in [0.1, 0.15) is 5.82 Å². The van der Waals surface area contributed by atoms with Crippen LogP contribution < -0.4 is 0 Å². The predicted molar refractivity (Wildman–Crippen MR) is 88.7 cm³/mol. The molecule has 1 aromatic heterocycles. The Morgan fingerprint density at radius 1 is 1.09 bits per heavy atom. The normalized spacial score (nSPS) is 30.5. The number of aliphatic hydroxyl groups is 1. The van der Waals surface area contributed by atoms with E-state index in [1.807, 2.05) is 6.92 Å². The fraction of sp³-hybridized carbons (Fsp3) is 0.474. The van der Waals surface area contributed by atoms with Gasteiger partial charge in [-0.15, -0.1) is 0 Å². The summed E-state index contributed by atoms with van der Waals surface area (Å²) < 4.78 is 0. The fourth-order valence-corrected chi connectivity index (χ4v) is 4.24. The van der Waals surface area contributed by atoms with Crippen LogP contribution in [0.4, 0.5) is 0 Å². The number of piperidine rings is 1. The lowest BCUT2D eigenvalue weighted by molar-refractivity contribution is -0.0599. The molecule has 2 bridgehead atoms. The molecular weight excluding hydrogens is 286 g/mol. The first kappa shape index (κ1) is 14.8. The van der Waals surface area contributed by atoms with E-state index in [0.29, 0.717) is 12.1 Å². The summed E-state index contributed by atoms with van der Waals surface area (Å²) in [5.74, 6) is 0.752. The van der Waals surface area contributed by atoms with Gasteiger partial charge < -0.3 is 5.11 Å². The van der Waals surface area contributed by atoms with Crippen molar-refractivity contribution in [1.82, 2.24) is 14.9 Å². The summed E-state index contributed by atoms with van der Waals surface area (Å²) in [6, 6.07) is 11.5. The van der Waals surface area contributed by atoms with Crippen LogP contribution in [0.2, 0.25) is 0 Å². The lowest BCUT2D eigenvalue weighted by atomic mass is 9.81. The van der Waals surface area contributed by atoms with E-state index in [-0.39, 0.29) is 0 Å². The second-order valence-electron chi connectivity index (χ2n) is 7.00. The summed E-state index contributed by atoms with van der Waals surface area (Å²) >= 11 is 0. The average Bonchev–Trinajstić information content (AvgIpc) is 2.80. The lowest BCUT2D eigenvalue weighted by Crippen LogP contribution is -2.49. The zero-order valence-electron chi connectivity index (χ0n) is 13.5. The van der Waals surface area contributed by atoms with Crippen LogP contribution in [-0.2, 0) is 12.1 Å². The molecule has 1 N–H and O–H groups in total. The number of rotatable bonds is 3. The van der Waals surface area contributed by atoms with Crippen molar-refractivity contribution in [3.05, 3.63) is 59.7 Å². The van der Waals surface area contributed by atoms with Gasteiger partial charge in [0.05, 0.1) is 5.60 Å². The first-order valence-electron chi connectivity index (χ1n) is 8.45. The molecule has 2 aromatic rings. The van der Waals surface area contributed by atoms with E-state index < -0.39 is 5.60 Å². The van der Waals surface area contributed by atoms with Crippen LogP contribution >= 0.6 is 0 Å². The van der Waals surface area contributed by atoms with Crippen molar-refractivity contribution in [1.29, 1.82) is 0 Å². The highest BCUT2D eigenvalue weighted by Gasteiger charge is 2.48. The molecule has 3 heterocycles. The Bertz CT molecular complexity index is 657. The van der Waals surface area contributed by atoms with Gasteiger partial charge in [0.25, 0.3) is 0 Å². The molecule has 0 aliphatic carbocycles. The van der Waals surface area contributed by atoms with Gasteiger partial charge in [0.15, 0.2) is 0 Å². The van der Waals surface area contributed by atoms with E-state index in [9.17, 15) is 5.11 Å². The van der Waals surface area contributed by atoms with E-state index in [1.54, 1.807) is 12.4 Å². The minimum atomic E-state index is -0.771. The largest absolute Gasteiger partial charge is 0.385 e. The Balaban J connectivity index is 1.54. The molecule has 2 unspecified atom stereocenters. The summed E-state index contributed by atoms with van der Waals surface area (Å²) in [5.41, 5.74) is 1.46. The SMILES string of the molecule is Cc1ncc(C2(O)CC3CCC(C2)N3Cc2ccccc2)cn1. The lowest BCUT2D eigenvalue weighted by Gasteiger charge is -2.44. The molecule has 0 saturated carbocycles. The second kappa shape index (κ2) is 5.69. The highest BCUT2D eigenvalue weighted by atomic mass is 16.3. The molecular formula is C19H23N3O. The van der Waals surface area contributed by atoms with Crippen LogP contribution in [0.15, 0.2) is 42.7 Å². The molecule has 2 atom stereocenters. The maximum atomic E-state index is 11.2. The summed E-state index contributed by atoms with van der Waals surface area (Å²) in [6.07, 6.45) is 7.51. The third-order valence-electron chi connectivity index (χ3n) is 5.44. The van der Waals surface area contributed by atoms with Gasteiger partial charge in [0.2, 0.25) is 0 Å². The van der Waals surface area contributed by atoms with Crippen LogP contribution in [0.3, 0.4) is 0 Å². The van der Waals surface area contributed by atoms with Crippen LogP contribution in [0.25, 0.3) is 0 Å². The number of nitrogens with zero attached hydrogens (tertiary/aromatic N) is 3. The standard InChI is InChI=1S/C19H23N3O/c1-14-20-11-16(12-21-14)19(23)9-17-7-8-18(10-19)22(17)13-15-5-3-2-4-6-15/h2-6,11-12,17-18,23H,7-10,13H2,1H3. The van der Waals surface area contributed by atoms with Crippen molar-refractivity contribution in [2.45, 2.75) is 56.8 Å². The number of fused-ring (bicyclic) bond motifs is 2. The molecule has 4 nitrogen and oxygen atoms in total. The zero-order chi connectivity index (χ0) is 15.9. The van der Waals surface area contributed by atoms with Gasteiger partial charge in [-0.25, -0.2) is 9.97 Å². The molecule has 2 fully saturated rings. The third-order valence-corrected chi connectivity index (χ3v) is 5.44.